The second kappa shape index (κ2) is 4.08. The van der Waals surface area contributed by atoms with Crippen molar-refractivity contribution in [2.45, 2.75) is 59.3 Å². The van der Waals surface area contributed by atoms with Crippen LogP contribution in [0.15, 0.2) is 0 Å². The van der Waals surface area contributed by atoms with Crippen LogP contribution in [0.4, 0.5) is 0 Å². The van der Waals surface area contributed by atoms with E-state index in [9.17, 15) is 0 Å². The maximum Gasteiger partial charge on any atom is 0.0499 e. The average molecular weight is 210 g/mol. The Hall–Kier alpha value is -0.0400. The van der Waals surface area contributed by atoms with Gasteiger partial charge in [0.05, 0.1) is 0 Å². The summed E-state index contributed by atoms with van der Waals surface area (Å²) in [6.07, 6.45) is 8.38. The fraction of sp³-hybridized carbons (Fsp3) is 1.00. The van der Waals surface area contributed by atoms with Gasteiger partial charge in [0.2, 0.25) is 0 Å². The lowest BCUT2D eigenvalue weighted by molar-refractivity contribution is -0.0532. The highest BCUT2D eigenvalue weighted by atomic mass is 16.5. The van der Waals surface area contributed by atoms with E-state index >= 15 is 0 Å². The molecule has 1 aliphatic carbocycles. The van der Waals surface area contributed by atoms with Gasteiger partial charge in [-0.2, -0.15) is 0 Å². The minimum absolute atomic E-state index is 0.462. The maximum absolute atomic E-state index is 5.67. The molecule has 15 heavy (non-hydrogen) atoms. The molecule has 0 radical (unpaired) electrons. The molecular formula is C14H26O. The van der Waals surface area contributed by atoms with Crippen molar-refractivity contribution in [3.63, 3.8) is 0 Å². The molecule has 2 rings (SSSR count). The third-order valence-corrected chi connectivity index (χ3v) is 5.44. The van der Waals surface area contributed by atoms with E-state index in [0.717, 1.165) is 19.1 Å². The van der Waals surface area contributed by atoms with Crippen LogP contribution < -0.4 is 0 Å². The van der Waals surface area contributed by atoms with Gasteiger partial charge in [0.15, 0.2) is 0 Å². The molecule has 0 spiro atoms. The molecule has 2 aliphatic rings. The molecule has 1 heterocycles. The largest absolute Gasteiger partial charge is 0.381 e. The zero-order valence-corrected chi connectivity index (χ0v) is 10.6. The molecule has 1 unspecified atom stereocenters. The van der Waals surface area contributed by atoms with Crippen molar-refractivity contribution in [3.05, 3.63) is 0 Å². The molecule has 0 aromatic rings. The molecule has 1 saturated heterocycles. The third kappa shape index (κ3) is 1.95. The molecule has 1 saturated carbocycles. The summed E-state index contributed by atoms with van der Waals surface area (Å²) in [4.78, 5) is 0. The molecular weight excluding hydrogens is 184 g/mol. The molecule has 1 aliphatic heterocycles. The van der Waals surface area contributed by atoms with Crippen molar-refractivity contribution in [2.24, 2.45) is 16.7 Å². The minimum atomic E-state index is 0.462. The van der Waals surface area contributed by atoms with E-state index in [0.29, 0.717) is 10.8 Å². The number of rotatable bonds is 2. The fourth-order valence-electron chi connectivity index (χ4n) is 3.60. The van der Waals surface area contributed by atoms with Crippen molar-refractivity contribution in [1.82, 2.24) is 0 Å². The summed E-state index contributed by atoms with van der Waals surface area (Å²) < 4.78 is 5.67. The van der Waals surface area contributed by atoms with Gasteiger partial charge in [-0.3, -0.25) is 0 Å². The maximum atomic E-state index is 5.67. The van der Waals surface area contributed by atoms with Gasteiger partial charge in [-0.15, -0.1) is 0 Å². The SMILES string of the molecule is CC1(C(C)(C)C2CCCOC2)CCCC1. The van der Waals surface area contributed by atoms with E-state index in [4.69, 9.17) is 4.74 Å². The van der Waals surface area contributed by atoms with Crippen LogP contribution in [-0.4, -0.2) is 13.2 Å². The van der Waals surface area contributed by atoms with E-state index in [-0.39, 0.29) is 0 Å². The summed E-state index contributed by atoms with van der Waals surface area (Å²) in [5.41, 5.74) is 1.03. The molecule has 1 heteroatoms. The smallest absolute Gasteiger partial charge is 0.0499 e. The zero-order valence-electron chi connectivity index (χ0n) is 10.6. The highest BCUT2D eigenvalue weighted by Crippen LogP contribution is 2.55. The number of hydrogen-bond donors (Lipinski definition) is 0. The summed E-state index contributed by atoms with van der Waals surface area (Å²) >= 11 is 0. The molecule has 88 valence electrons. The first-order chi connectivity index (χ1) is 7.06. The normalized spacial score (nSPS) is 31.8. The van der Waals surface area contributed by atoms with Crippen LogP contribution in [0.2, 0.25) is 0 Å². The molecule has 0 bridgehead atoms. The Labute approximate surface area is 94.6 Å². The Morgan fingerprint density at radius 3 is 2.33 bits per heavy atom. The van der Waals surface area contributed by atoms with E-state index < -0.39 is 0 Å². The Kier molecular flexibility index (Phi) is 3.12. The quantitative estimate of drug-likeness (QED) is 0.669. The molecule has 1 atom stereocenters. The number of ether oxygens (including phenoxy) is 1. The van der Waals surface area contributed by atoms with E-state index in [1.165, 1.54) is 38.5 Å². The van der Waals surface area contributed by atoms with Crippen LogP contribution in [0.3, 0.4) is 0 Å². The summed E-state index contributed by atoms with van der Waals surface area (Å²) in [5, 5.41) is 0. The van der Waals surface area contributed by atoms with Gasteiger partial charge in [0.25, 0.3) is 0 Å². The van der Waals surface area contributed by atoms with Crippen molar-refractivity contribution in [1.29, 1.82) is 0 Å². The van der Waals surface area contributed by atoms with Crippen LogP contribution in [0.25, 0.3) is 0 Å². The van der Waals surface area contributed by atoms with E-state index in [2.05, 4.69) is 20.8 Å². The predicted octanol–water partition coefficient (Wildman–Crippen LogP) is 4.02. The van der Waals surface area contributed by atoms with Crippen molar-refractivity contribution in [2.75, 3.05) is 13.2 Å². The molecule has 1 nitrogen and oxygen atoms in total. The minimum Gasteiger partial charge on any atom is -0.381 e. The van der Waals surface area contributed by atoms with Crippen LogP contribution in [0.1, 0.15) is 59.3 Å². The van der Waals surface area contributed by atoms with Gasteiger partial charge in [-0.25, -0.2) is 0 Å². The van der Waals surface area contributed by atoms with Crippen molar-refractivity contribution >= 4 is 0 Å². The standard InChI is InChI=1S/C14H26O/c1-13(2,12-7-6-10-15-11-12)14(3)8-4-5-9-14/h12H,4-11H2,1-3H3. The van der Waals surface area contributed by atoms with Gasteiger partial charge in [0, 0.05) is 13.2 Å². The second-order valence-electron chi connectivity index (χ2n) is 6.40. The Balaban J connectivity index is 2.09. The first-order valence-corrected chi connectivity index (χ1v) is 6.64. The summed E-state index contributed by atoms with van der Waals surface area (Å²) in [6, 6.07) is 0. The summed E-state index contributed by atoms with van der Waals surface area (Å²) in [5.74, 6) is 0.786. The summed E-state index contributed by atoms with van der Waals surface area (Å²) in [7, 11) is 0. The Bertz CT molecular complexity index is 207. The van der Waals surface area contributed by atoms with Gasteiger partial charge in [-0.1, -0.05) is 33.6 Å². The fourth-order valence-corrected chi connectivity index (χ4v) is 3.60. The summed E-state index contributed by atoms with van der Waals surface area (Å²) in [6.45, 7) is 9.47. The highest BCUT2D eigenvalue weighted by Gasteiger charge is 2.47. The Morgan fingerprint density at radius 1 is 1.13 bits per heavy atom. The molecule has 0 aromatic carbocycles. The lowest BCUT2D eigenvalue weighted by atomic mass is 9.58. The monoisotopic (exact) mass is 210 g/mol. The molecule has 0 aromatic heterocycles. The van der Waals surface area contributed by atoms with Crippen molar-refractivity contribution < 1.29 is 4.74 Å². The van der Waals surface area contributed by atoms with Crippen LogP contribution in [0.5, 0.6) is 0 Å². The second-order valence-corrected chi connectivity index (χ2v) is 6.40. The Morgan fingerprint density at radius 2 is 1.80 bits per heavy atom. The van der Waals surface area contributed by atoms with Crippen LogP contribution in [0, 0.1) is 16.7 Å². The van der Waals surface area contributed by atoms with Gasteiger partial charge in [-0.05, 0) is 42.4 Å². The zero-order chi connectivity index (χ0) is 10.9. The lowest BCUT2D eigenvalue weighted by Gasteiger charge is -2.48. The van der Waals surface area contributed by atoms with E-state index in [1.807, 2.05) is 0 Å². The van der Waals surface area contributed by atoms with Gasteiger partial charge in [0.1, 0.15) is 0 Å². The lowest BCUT2D eigenvalue weighted by Crippen LogP contribution is -2.42. The first-order valence-electron chi connectivity index (χ1n) is 6.64. The predicted molar refractivity (Wildman–Crippen MR) is 63.9 cm³/mol. The van der Waals surface area contributed by atoms with Crippen LogP contribution in [-0.2, 0) is 4.74 Å². The van der Waals surface area contributed by atoms with Crippen LogP contribution >= 0.6 is 0 Å². The number of hydrogen-bond acceptors (Lipinski definition) is 1. The molecule has 0 N–H and O–H groups in total. The van der Waals surface area contributed by atoms with Crippen molar-refractivity contribution in [3.8, 4) is 0 Å². The highest BCUT2D eigenvalue weighted by molar-refractivity contribution is 4.97. The van der Waals surface area contributed by atoms with Gasteiger partial charge >= 0.3 is 0 Å². The average Bonchev–Trinajstić information content (AvgIpc) is 2.68. The molecule has 2 fully saturated rings. The first kappa shape index (κ1) is 11.4. The van der Waals surface area contributed by atoms with Gasteiger partial charge < -0.3 is 4.74 Å². The topological polar surface area (TPSA) is 9.23 Å². The van der Waals surface area contributed by atoms with E-state index in [1.54, 1.807) is 0 Å². The third-order valence-electron chi connectivity index (χ3n) is 5.44. The molecule has 0 amide bonds.